The number of hydrogen-bond donors (Lipinski definition) is 0. The third kappa shape index (κ3) is 2.25. The second kappa shape index (κ2) is 4.65. The van der Waals surface area contributed by atoms with Crippen LogP contribution < -0.4 is 0 Å². The van der Waals surface area contributed by atoms with Crippen LogP contribution in [0.3, 0.4) is 0 Å². The molecule has 0 spiro atoms. The minimum absolute atomic E-state index is 0.246. The predicted molar refractivity (Wildman–Crippen MR) is 61.8 cm³/mol. The molecule has 0 aliphatic heterocycles. The summed E-state index contributed by atoms with van der Waals surface area (Å²) in [4.78, 5) is 14.1. The summed E-state index contributed by atoms with van der Waals surface area (Å²) in [6.07, 6.45) is 8.38. The summed E-state index contributed by atoms with van der Waals surface area (Å²) in [7, 11) is 2.17. The van der Waals surface area contributed by atoms with Gasteiger partial charge in [-0.3, -0.25) is 9.69 Å². The fourth-order valence-corrected chi connectivity index (χ4v) is 3.36. The van der Waals surface area contributed by atoms with E-state index in [1.807, 2.05) is 0 Å². The molecule has 2 saturated carbocycles. The van der Waals surface area contributed by atoms with Crippen LogP contribution in [0.5, 0.6) is 0 Å². The van der Waals surface area contributed by atoms with Gasteiger partial charge < -0.3 is 0 Å². The largest absolute Gasteiger partial charge is 0.298 e. The molecule has 2 aliphatic rings. The molecule has 2 aliphatic carbocycles. The molecule has 0 amide bonds. The van der Waals surface area contributed by atoms with Gasteiger partial charge in [0, 0.05) is 12.5 Å². The predicted octanol–water partition coefficient (Wildman–Crippen LogP) is 2.62. The summed E-state index contributed by atoms with van der Waals surface area (Å²) in [5, 5.41) is 0. The van der Waals surface area contributed by atoms with Crippen molar-refractivity contribution >= 4 is 5.78 Å². The van der Waals surface area contributed by atoms with Gasteiger partial charge in [-0.25, -0.2) is 0 Å². The third-order valence-electron chi connectivity index (χ3n) is 4.35. The van der Waals surface area contributed by atoms with Crippen LogP contribution in [0.1, 0.15) is 51.9 Å². The lowest BCUT2D eigenvalue weighted by Crippen LogP contribution is -2.46. The van der Waals surface area contributed by atoms with Crippen molar-refractivity contribution in [3.05, 3.63) is 0 Å². The quantitative estimate of drug-likeness (QED) is 0.697. The van der Waals surface area contributed by atoms with E-state index in [1.165, 1.54) is 25.7 Å². The Balaban J connectivity index is 1.99. The number of likely N-dealkylation sites (N-methyl/N-ethyl adjacent to an activating group) is 1. The zero-order chi connectivity index (χ0) is 10.8. The molecule has 15 heavy (non-hydrogen) atoms. The summed E-state index contributed by atoms with van der Waals surface area (Å²) in [6, 6.07) is 0.904. The first kappa shape index (κ1) is 11.1. The Bertz CT molecular complexity index is 239. The fraction of sp³-hybridized carbons (Fsp3) is 0.923. The summed E-state index contributed by atoms with van der Waals surface area (Å²) < 4.78 is 0. The molecule has 0 aromatic heterocycles. The third-order valence-corrected chi connectivity index (χ3v) is 4.35. The number of Topliss-reactive ketones (excluding diaryl/α,β-unsaturated/α-hetero) is 1. The molecule has 0 N–H and O–H groups in total. The maximum absolute atomic E-state index is 11.7. The van der Waals surface area contributed by atoms with Crippen molar-refractivity contribution in [2.75, 3.05) is 7.05 Å². The Labute approximate surface area is 93.0 Å². The van der Waals surface area contributed by atoms with E-state index < -0.39 is 0 Å². The first-order valence-corrected chi connectivity index (χ1v) is 6.45. The van der Waals surface area contributed by atoms with E-state index in [9.17, 15) is 4.79 Å². The molecular formula is C13H23NO. The highest BCUT2D eigenvalue weighted by molar-refractivity contribution is 5.85. The SMILES string of the molecule is CC1CCCCC1N(C)C1CCCC1=O. The van der Waals surface area contributed by atoms with Gasteiger partial charge in [0.2, 0.25) is 0 Å². The Morgan fingerprint density at radius 2 is 1.87 bits per heavy atom. The summed E-state index contributed by atoms with van der Waals surface area (Å²) in [5.41, 5.74) is 0. The minimum atomic E-state index is 0.246. The molecule has 0 radical (unpaired) electrons. The highest BCUT2D eigenvalue weighted by Gasteiger charge is 2.34. The lowest BCUT2D eigenvalue weighted by molar-refractivity contribution is -0.122. The van der Waals surface area contributed by atoms with Crippen LogP contribution in [0.25, 0.3) is 0 Å². The Hall–Kier alpha value is -0.370. The molecule has 3 unspecified atom stereocenters. The van der Waals surface area contributed by atoms with Crippen LogP contribution >= 0.6 is 0 Å². The summed E-state index contributed by atoms with van der Waals surface area (Å²) >= 11 is 0. The van der Waals surface area contributed by atoms with Crippen molar-refractivity contribution in [2.24, 2.45) is 5.92 Å². The first-order valence-electron chi connectivity index (χ1n) is 6.45. The number of carbonyl (C=O) groups is 1. The fourth-order valence-electron chi connectivity index (χ4n) is 3.36. The first-order chi connectivity index (χ1) is 7.20. The van der Waals surface area contributed by atoms with E-state index in [0.29, 0.717) is 11.8 Å². The van der Waals surface area contributed by atoms with Crippen molar-refractivity contribution in [3.63, 3.8) is 0 Å². The number of nitrogens with zero attached hydrogens (tertiary/aromatic N) is 1. The summed E-state index contributed by atoms with van der Waals surface area (Å²) in [5.74, 6) is 1.26. The molecule has 3 atom stereocenters. The average molecular weight is 209 g/mol. The van der Waals surface area contributed by atoms with Crippen molar-refractivity contribution < 1.29 is 4.79 Å². The van der Waals surface area contributed by atoms with Gasteiger partial charge in [-0.15, -0.1) is 0 Å². The monoisotopic (exact) mass is 209 g/mol. The highest BCUT2D eigenvalue weighted by Crippen LogP contribution is 2.31. The standard InChI is InChI=1S/C13H23NO/c1-10-6-3-4-7-11(10)14(2)12-8-5-9-13(12)15/h10-12H,3-9H2,1-2H3. The Morgan fingerprint density at radius 1 is 1.13 bits per heavy atom. The van der Waals surface area contributed by atoms with Gasteiger partial charge in [-0.05, 0) is 38.6 Å². The second-order valence-electron chi connectivity index (χ2n) is 5.37. The van der Waals surface area contributed by atoms with Gasteiger partial charge in [0.25, 0.3) is 0 Å². The highest BCUT2D eigenvalue weighted by atomic mass is 16.1. The topological polar surface area (TPSA) is 20.3 Å². The molecular weight excluding hydrogens is 186 g/mol. The van der Waals surface area contributed by atoms with Gasteiger partial charge in [0.1, 0.15) is 5.78 Å². The smallest absolute Gasteiger partial charge is 0.149 e. The molecule has 0 bridgehead atoms. The van der Waals surface area contributed by atoms with Crippen molar-refractivity contribution in [1.29, 1.82) is 0 Å². The van der Waals surface area contributed by atoms with Crippen LogP contribution in [0.15, 0.2) is 0 Å². The van der Waals surface area contributed by atoms with Gasteiger partial charge >= 0.3 is 0 Å². The lowest BCUT2D eigenvalue weighted by Gasteiger charge is -2.39. The van der Waals surface area contributed by atoms with E-state index >= 15 is 0 Å². The van der Waals surface area contributed by atoms with Crippen LogP contribution in [0, 0.1) is 5.92 Å². The van der Waals surface area contributed by atoms with E-state index in [2.05, 4.69) is 18.9 Å². The number of hydrogen-bond acceptors (Lipinski definition) is 2. The van der Waals surface area contributed by atoms with Crippen LogP contribution in [0.2, 0.25) is 0 Å². The molecule has 86 valence electrons. The van der Waals surface area contributed by atoms with Gasteiger partial charge in [-0.1, -0.05) is 19.8 Å². The van der Waals surface area contributed by atoms with Gasteiger partial charge in [0.15, 0.2) is 0 Å². The summed E-state index contributed by atoms with van der Waals surface area (Å²) in [6.45, 7) is 2.35. The maximum Gasteiger partial charge on any atom is 0.149 e. The number of ketones is 1. The second-order valence-corrected chi connectivity index (χ2v) is 5.37. The normalized spacial score (nSPS) is 37.5. The number of carbonyl (C=O) groups excluding carboxylic acids is 1. The molecule has 0 heterocycles. The molecule has 2 nitrogen and oxygen atoms in total. The van der Waals surface area contributed by atoms with E-state index in [-0.39, 0.29) is 6.04 Å². The van der Waals surface area contributed by atoms with Crippen molar-refractivity contribution in [3.8, 4) is 0 Å². The van der Waals surface area contributed by atoms with Gasteiger partial charge in [-0.2, -0.15) is 0 Å². The zero-order valence-corrected chi connectivity index (χ0v) is 10.0. The van der Waals surface area contributed by atoms with Crippen molar-refractivity contribution in [1.82, 2.24) is 4.90 Å². The average Bonchev–Trinajstić information content (AvgIpc) is 2.64. The molecule has 2 heteroatoms. The van der Waals surface area contributed by atoms with Crippen LogP contribution in [0.4, 0.5) is 0 Å². The Kier molecular flexibility index (Phi) is 3.45. The molecule has 0 aromatic rings. The minimum Gasteiger partial charge on any atom is -0.298 e. The van der Waals surface area contributed by atoms with Crippen molar-refractivity contribution in [2.45, 2.75) is 64.0 Å². The number of rotatable bonds is 2. The molecule has 2 rings (SSSR count). The maximum atomic E-state index is 11.7. The lowest BCUT2D eigenvalue weighted by atomic mass is 9.84. The molecule has 2 fully saturated rings. The van der Waals surface area contributed by atoms with Crippen LogP contribution in [-0.2, 0) is 4.79 Å². The van der Waals surface area contributed by atoms with E-state index in [4.69, 9.17) is 0 Å². The molecule has 0 saturated heterocycles. The zero-order valence-electron chi connectivity index (χ0n) is 10.0. The van der Waals surface area contributed by atoms with E-state index in [1.54, 1.807) is 0 Å². The van der Waals surface area contributed by atoms with E-state index in [0.717, 1.165) is 25.2 Å². The Morgan fingerprint density at radius 3 is 2.47 bits per heavy atom. The van der Waals surface area contributed by atoms with Gasteiger partial charge in [0.05, 0.1) is 6.04 Å². The molecule has 0 aromatic carbocycles. The van der Waals surface area contributed by atoms with Crippen LogP contribution in [-0.4, -0.2) is 29.8 Å².